The van der Waals surface area contributed by atoms with E-state index in [0.29, 0.717) is 12.5 Å². The zero-order chi connectivity index (χ0) is 12.7. The lowest BCUT2D eigenvalue weighted by molar-refractivity contribution is -0.200. The maximum Gasteiger partial charge on any atom is 0.376 e. The van der Waals surface area contributed by atoms with E-state index in [1.165, 1.54) is 33.3 Å². The fourth-order valence-electron chi connectivity index (χ4n) is 1.97. The maximum atomic E-state index is 11.3. The van der Waals surface area contributed by atoms with Gasteiger partial charge in [-0.25, -0.2) is 4.79 Å². The van der Waals surface area contributed by atoms with Gasteiger partial charge >= 0.3 is 18.2 Å². The zero-order valence-corrected chi connectivity index (χ0v) is 10.4. The van der Waals surface area contributed by atoms with Crippen LogP contribution < -0.4 is 0 Å². The number of carbonyl (C=O) groups excluding carboxylic acids is 2. The molecule has 0 spiro atoms. The first-order valence-corrected chi connectivity index (χ1v) is 6.00. The van der Waals surface area contributed by atoms with Crippen molar-refractivity contribution < 1.29 is 23.8 Å². The second kappa shape index (κ2) is 7.27. The minimum Gasteiger partial charge on any atom is -0.464 e. The van der Waals surface area contributed by atoms with E-state index in [-0.39, 0.29) is 0 Å². The van der Waals surface area contributed by atoms with Gasteiger partial charge in [0.1, 0.15) is 0 Å². The van der Waals surface area contributed by atoms with E-state index < -0.39 is 18.2 Å². The SMILES string of the molecule is COC(=O)[C@H](OCC1CCCCC1)OC(C)=O. The molecule has 0 heterocycles. The highest BCUT2D eigenvalue weighted by molar-refractivity contribution is 5.77. The molecule has 5 nitrogen and oxygen atoms in total. The van der Waals surface area contributed by atoms with Crippen LogP contribution in [0.1, 0.15) is 39.0 Å². The third-order valence-corrected chi connectivity index (χ3v) is 2.87. The van der Waals surface area contributed by atoms with Crippen LogP contribution >= 0.6 is 0 Å². The molecule has 0 amide bonds. The van der Waals surface area contributed by atoms with Gasteiger partial charge in [0, 0.05) is 6.92 Å². The lowest BCUT2D eigenvalue weighted by Gasteiger charge is -2.23. The lowest BCUT2D eigenvalue weighted by atomic mass is 9.90. The summed E-state index contributed by atoms with van der Waals surface area (Å²) < 4.78 is 14.6. The molecule has 98 valence electrons. The van der Waals surface area contributed by atoms with E-state index in [1.54, 1.807) is 0 Å². The highest BCUT2D eigenvalue weighted by Crippen LogP contribution is 2.24. The first kappa shape index (κ1) is 14.0. The van der Waals surface area contributed by atoms with E-state index >= 15 is 0 Å². The Morgan fingerprint density at radius 3 is 2.41 bits per heavy atom. The number of methoxy groups -OCH3 is 1. The van der Waals surface area contributed by atoms with Crippen molar-refractivity contribution in [2.24, 2.45) is 5.92 Å². The summed E-state index contributed by atoms with van der Waals surface area (Å²) in [6.45, 7) is 1.67. The smallest absolute Gasteiger partial charge is 0.376 e. The van der Waals surface area contributed by atoms with Crippen molar-refractivity contribution in [3.05, 3.63) is 0 Å². The monoisotopic (exact) mass is 244 g/mol. The Labute approximate surface area is 101 Å². The molecule has 5 heteroatoms. The first-order chi connectivity index (χ1) is 8.13. The Bertz CT molecular complexity index is 258. The molecule has 0 N–H and O–H groups in total. The van der Waals surface area contributed by atoms with E-state index in [9.17, 15) is 9.59 Å². The molecular weight excluding hydrogens is 224 g/mol. The highest BCUT2D eigenvalue weighted by atomic mass is 16.7. The van der Waals surface area contributed by atoms with Crippen molar-refractivity contribution in [2.75, 3.05) is 13.7 Å². The Morgan fingerprint density at radius 1 is 1.24 bits per heavy atom. The van der Waals surface area contributed by atoms with Crippen LogP contribution in [0.5, 0.6) is 0 Å². The maximum absolute atomic E-state index is 11.3. The second-order valence-corrected chi connectivity index (χ2v) is 4.30. The average Bonchev–Trinajstić information content (AvgIpc) is 2.34. The Kier molecular flexibility index (Phi) is 5.97. The van der Waals surface area contributed by atoms with Gasteiger partial charge < -0.3 is 14.2 Å². The van der Waals surface area contributed by atoms with Gasteiger partial charge in [-0.05, 0) is 18.8 Å². The molecule has 0 radical (unpaired) electrons. The van der Waals surface area contributed by atoms with E-state index in [0.717, 1.165) is 12.8 Å². The summed E-state index contributed by atoms with van der Waals surface area (Å²) >= 11 is 0. The van der Waals surface area contributed by atoms with Crippen molar-refractivity contribution in [1.29, 1.82) is 0 Å². The fraction of sp³-hybridized carbons (Fsp3) is 0.833. The van der Waals surface area contributed by atoms with Crippen LogP contribution in [0.2, 0.25) is 0 Å². The third-order valence-electron chi connectivity index (χ3n) is 2.87. The standard InChI is InChI=1S/C12H20O5/c1-9(13)17-12(11(14)15-2)16-8-10-6-4-3-5-7-10/h10,12H,3-8H2,1-2H3/t12-/m1/s1. The minimum absolute atomic E-state index is 0.438. The quantitative estimate of drug-likeness (QED) is 0.543. The minimum atomic E-state index is -1.22. The van der Waals surface area contributed by atoms with Crippen LogP contribution in [0.25, 0.3) is 0 Å². The van der Waals surface area contributed by atoms with Gasteiger partial charge in [0.15, 0.2) is 0 Å². The molecule has 1 rings (SSSR count). The van der Waals surface area contributed by atoms with Gasteiger partial charge in [-0.1, -0.05) is 19.3 Å². The zero-order valence-electron chi connectivity index (χ0n) is 10.4. The summed E-state index contributed by atoms with van der Waals surface area (Å²) in [6.07, 6.45) is 4.65. The molecule has 0 aromatic rings. The largest absolute Gasteiger partial charge is 0.464 e. The Balaban J connectivity index is 2.36. The van der Waals surface area contributed by atoms with Crippen LogP contribution in [0.15, 0.2) is 0 Å². The molecule has 1 aliphatic rings. The predicted octanol–water partition coefficient (Wildman–Crippen LogP) is 1.65. The molecule has 0 aromatic carbocycles. The first-order valence-electron chi connectivity index (χ1n) is 6.00. The van der Waals surface area contributed by atoms with Gasteiger partial charge in [0.2, 0.25) is 0 Å². The molecule has 0 bridgehead atoms. The van der Waals surface area contributed by atoms with Crippen molar-refractivity contribution in [2.45, 2.75) is 45.3 Å². The normalized spacial score (nSPS) is 18.5. The van der Waals surface area contributed by atoms with Gasteiger partial charge in [-0.2, -0.15) is 0 Å². The average molecular weight is 244 g/mol. The molecule has 0 aromatic heterocycles. The molecule has 1 fully saturated rings. The van der Waals surface area contributed by atoms with Crippen LogP contribution in [-0.2, 0) is 23.8 Å². The number of hydrogen-bond acceptors (Lipinski definition) is 5. The molecule has 17 heavy (non-hydrogen) atoms. The molecule has 1 saturated carbocycles. The van der Waals surface area contributed by atoms with E-state index in [2.05, 4.69) is 4.74 Å². The second-order valence-electron chi connectivity index (χ2n) is 4.30. The Hall–Kier alpha value is -1.10. The fourth-order valence-corrected chi connectivity index (χ4v) is 1.97. The number of hydrogen-bond donors (Lipinski definition) is 0. The highest BCUT2D eigenvalue weighted by Gasteiger charge is 2.25. The van der Waals surface area contributed by atoms with E-state index in [1.807, 2.05) is 0 Å². The molecule has 0 saturated heterocycles. The summed E-state index contributed by atoms with van der Waals surface area (Å²) in [7, 11) is 1.24. The summed E-state index contributed by atoms with van der Waals surface area (Å²) in [5.74, 6) is -0.772. The van der Waals surface area contributed by atoms with Crippen molar-refractivity contribution in [3.8, 4) is 0 Å². The number of rotatable bonds is 5. The molecule has 0 unspecified atom stereocenters. The molecule has 1 atom stereocenters. The van der Waals surface area contributed by atoms with Crippen molar-refractivity contribution >= 4 is 11.9 Å². The number of ether oxygens (including phenoxy) is 3. The van der Waals surface area contributed by atoms with Gasteiger partial charge in [0.25, 0.3) is 0 Å². The Morgan fingerprint density at radius 2 is 1.88 bits per heavy atom. The molecule has 1 aliphatic carbocycles. The number of carbonyl (C=O) groups is 2. The van der Waals surface area contributed by atoms with Gasteiger partial charge in [0.05, 0.1) is 13.7 Å². The van der Waals surface area contributed by atoms with Crippen LogP contribution in [0, 0.1) is 5.92 Å². The van der Waals surface area contributed by atoms with Crippen molar-refractivity contribution in [1.82, 2.24) is 0 Å². The molecule has 0 aliphatic heterocycles. The predicted molar refractivity (Wildman–Crippen MR) is 60.1 cm³/mol. The summed E-state index contributed by atoms with van der Waals surface area (Å²) in [5, 5.41) is 0. The van der Waals surface area contributed by atoms with Gasteiger partial charge in [-0.3, -0.25) is 4.79 Å². The van der Waals surface area contributed by atoms with Crippen molar-refractivity contribution in [3.63, 3.8) is 0 Å². The third kappa shape index (κ3) is 5.17. The van der Waals surface area contributed by atoms with Gasteiger partial charge in [-0.15, -0.1) is 0 Å². The van der Waals surface area contributed by atoms with E-state index in [4.69, 9.17) is 9.47 Å². The summed E-state index contributed by atoms with van der Waals surface area (Å²) in [4.78, 5) is 22.1. The summed E-state index contributed by atoms with van der Waals surface area (Å²) in [6, 6.07) is 0. The lowest BCUT2D eigenvalue weighted by Crippen LogP contribution is -2.32. The van der Waals surface area contributed by atoms with Crippen LogP contribution in [0.3, 0.4) is 0 Å². The topological polar surface area (TPSA) is 61.8 Å². The number of esters is 2. The summed E-state index contributed by atoms with van der Waals surface area (Å²) in [5.41, 5.74) is 0. The van der Waals surface area contributed by atoms with Crippen LogP contribution in [-0.4, -0.2) is 31.9 Å². The molecular formula is C12H20O5. The van der Waals surface area contributed by atoms with Crippen LogP contribution in [0.4, 0.5) is 0 Å².